The van der Waals surface area contributed by atoms with Gasteiger partial charge in [0.15, 0.2) is 0 Å². The van der Waals surface area contributed by atoms with Crippen molar-refractivity contribution in [3.05, 3.63) is 74.0 Å². The van der Waals surface area contributed by atoms with Crippen LogP contribution in [0, 0.1) is 5.92 Å². The third kappa shape index (κ3) is 5.58. The minimum atomic E-state index is -2.67. The molecule has 9 heteroatoms. The van der Waals surface area contributed by atoms with Gasteiger partial charge in [-0.2, -0.15) is 4.98 Å². The Labute approximate surface area is 176 Å². The van der Waals surface area contributed by atoms with Gasteiger partial charge >= 0.3 is 5.69 Å². The number of nitrogens with one attached hydrogen (secondary N) is 1. The highest BCUT2D eigenvalue weighted by Crippen LogP contribution is 2.33. The molecule has 0 radical (unpaired) electrons. The van der Waals surface area contributed by atoms with Crippen molar-refractivity contribution in [2.24, 2.45) is 5.92 Å². The Morgan fingerprint density at radius 1 is 1.28 bits per heavy atom. The van der Waals surface area contributed by atoms with E-state index in [0.29, 0.717) is 31.0 Å². The molecule has 154 valence electrons. The second-order valence-corrected chi connectivity index (χ2v) is 7.34. The van der Waals surface area contributed by atoms with Crippen LogP contribution in [0.4, 0.5) is 8.78 Å². The molecule has 29 heavy (non-hydrogen) atoms. The van der Waals surface area contributed by atoms with E-state index in [1.165, 1.54) is 18.3 Å². The molecule has 1 atom stereocenters. The van der Waals surface area contributed by atoms with E-state index >= 15 is 0 Å². The first kappa shape index (κ1) is 21.3. The lowest BCUT2D eigenvalue weighted by Crippen LogP contribution is -2.14. The van der Waals surface area contributed by atoms with Crippen LogP contribution in [0.3, 0.4) is 0 Å². The minimum Gasteiger partial charge on any atom is -0.477 e. The summed E-state index contributed by atoms with van der Waals surface area (Å²) in [6.45, 7) is 2.37. The summed E-state index contributed by atoms with van der Waals surface area (Å²) in [4.78, 5) is 17.2. The maximum Gasteiger partial charge on any atom is 0.347 e. The van der Waals surface area contributed by atoms with Crippen molar-refractivity contribution in [2.45, 2.75) is 26.2 Å². The van der Waals surface area contributed by atoms with Gasteiger partial charge in [-0.05, 0) is 30.2 Å². The second kappa shape index (κ2) is 9.41. The standard InChI is InChI=1S/C20H18Cl2F2N2O3/c1-11-8-13(29-14-4-5-16(21)15(9-14)18(23)24)3-2-12(11)6-7-28-19-17(22)10-25-20(27)26-19/h2-5,9-11,18H,6-8H2,1H3,(H,25,26,27). The summed E-state index contributed by atoms with van der Waals surface area (Å²) in [7, 11) is 0. The summed E-state index contributed by atoms with van der Waals surface area (Å²) in [5.74, 6) is 1.35. The van der Waals surface area contributed by atoms with Gasteiger partial charge < -0.3 is 9.47 Å². The summed E-state index contributed by atoms with van der Waals surface area (Å²) in [5, 5.41) is 0.244. The highest BCUT2D eigenvalue weighted by molar-refractivity contribution is 6.31. The van der Waals surface area contributed by atoms with Crippen LogP contribution in [-0.2, 0) is 0 Å². The summed E-state index contributed by atoms with van der Waals surface area (Å²) < 4.78 is 37.2. The molecule has 0 bridgehead atoms. The molecule has 0 saturated heterocycles. The summed E-state index contributed by atoms with van der Waals surface area (Å²) in [5.41, 5.74) is 0.348. The maximum atomic E-state index is 13.0. The number of rotatable bonds is 7. The topological polar surface area (TPSA) is 64.2 Å². The number of benzene rings is 1. The number of hydrogen-bond donors (Lipinski definition) is 1. The van der Waals surface area contributed by atoms with E-state index in [9.17, 15) is 13.6 Å². The molecule has 1 N–H and O–H groups in total. The molecule has 1 unspecified atom stereocenters. The van der Waals surface area contributed by atoms with E-state index in [2.05, 4.69) is 9.97 Å². The normalized spacial score (nSPS) is 16.4. The quantitative estimate of drug-likeness (QED) is 0.595. The van der Waals surface area contributed by atoms with Crippen LogP contribution in [0.5, 0.6) is 11.6 Å². The van der Waals surface area contributed by atoms with Crippen molar-refractivity contribution in [1.82, 2.24) is 9.97 Å². The number of aromatic nitrogens is 2. The molecular formula is C20H18Cl2F2N2O3. The molecule has 0 spiro atoms. The Bertz CT molecular complexity index is 1010. The molecule has 1 aromatic carbocycles. The molecule has 0 amide bonds. The minimum absolute atomic E-state index is 0.0103. The summed E-state index contributed by atoms with van der Waals surface area (Å²) in [6, 6.07) is 4.22. The lowest BCUT2D eigenvalue weighted by atomic mass is 9.90. The lowest BCUT2D eigenvalue weighted by Gasteiger charge is -2.22. The molecule has 5 nitrogen and oxygen atoms in total. The van der Waals surface area contributed by atoms with E-state index in [0.717, 1.165) is 5.57 Å². The zero-order chi connectivity index (χ0) is 21.0. The van der Waals surface area contributed by atoms with E-state index < -0.39 is 12.1 Å². The van der Waals surface area contributed by atoms with Crippen molar-refractivity contribution < 1.29 is 18.3 Å². The molecule has 1 aliphatic rings. The zero-order valence-corrected chi connectivity index (χ0v) is 16.9. The van der Waals surface area contributed by atoms with Crippen LogP contribution in [0.2, 0.25) is 10.0 Å². The van der Waals surface area contributed by atoms with Gasteiger partial charge in [0, 0.05) is 23.4 Å². The van der Waals surface area contributed by atoms with Crippen molar-refractivity contribution in [1.29, 1.82) is 0 Å². The number of H-pyrrole nitrogens is 1. The van der Waals surface area contributed by atoms with E-state index in [1.807, 2.05) is 19.1 Å². The van der Waals surface area contributed by atoms with Gasteiger partial charge in [0.25, 0.3) is 6.43 Å². The molecule has 1 aromatic heterocycles. The predicted molar refractivity (Wildman–Crippen MR) is 107 cm³/mol. The van der Waals surface area contributed by atoms with Gasteiger partial charge in [-0.25, -0.2) is 13.6 Å². The molecule has 0 fully saturated rings. The predicted octanol–water partition coefficient (Wildman–Crippen LogP) is 5.71. The van der Waals surface area contributed by atoms with Crippen molar-refractivity contribution in [3.63, 3.8) is 0 Å². The number of aromatic amines is 1. The second-order valence-electron chi connectivity index (χ2n) is 6.53. The van der Waals surface area contributed by atoms with E-state index in [4.69, 9.17) is 32.7 Å². The summed E-state index contributed by atoms with van der Waals surface area (Å²) in [6.07, 6.45) is 3.55. The van der Waals surface area contributed by atoms with Crippen LogP contribution in [0.1, 0.15) is 31.8 Å². The Hall–Kier alpha value is -2.38. The van der Waals surface area contributed by atoms with Gasteiger partial charge in [0.05, 0.1) is 12.8 Å². The Kier molecular flexibility index (Phi) is 6.92. The SMILES string of the molecule is CC1CC(Oc2ccc(Cl)c(C(F)F)c2)=CC=C1CCOc1[nH]c(=O)ncc1Cl. The molecular weight excluding hydrogens is 425 g/mol. The number of allylic oxidation sites excluding steroid dienone is 3. The van der Waals surface area contributed by atoms with Crippen LogP contribution in [0.15, 0.2) is 52.7 Å². The Balaban J connectivity index is 1.61. The third-order valence-corrected chi connectivity index (χ3v) is 5.06. The van der Waals surface area contributed by atoms with Gasteiger partial charge in [-0.3, -0.25) is 4.98 Å². The van der Waals surface area contributed by atoms with Crippen LogP contribution < -0.4 is 15.2 Å². The van der Waals surface area contributed by atoms with E-state index in [1.54, 1.807) is 6.07 Å². The molecule has 1 heterocycles. The summed E-state index contributed by atoms with van der Waals surface area (Å²) >= 11 is 11.7. The monoisotopic (exact) mass is 442 g/mol. The van der Waals surface area contributed by atoms with Gasteiger partial charge in [0.2, 0.25) is 5.88 Å². The molecule has 3 rings (SSSR count). The number of halogens is 4. The number of hydrogen-bond acceptors (Lipinski definition) is 4. The van der Waals surface area contributed by atoms with Crippen LogP contribution in [0.25, 0.3) is 0 Å². The van der Waals surface area contributed by atoms with Crippen molar-refractivity contribution >= 4 is 23.2 Å². The zero-order valence-electron chi connectivity index (χ0n) is 15.4. The highest BCUT2D eigenvalue weighted by Gasteiger charge is 2.18. The van der Waals surface area contributed by atoms with Crippen molar-refractivity contribution in [3.8, 4) is 11.6 Å². The molecule has 2 aromatic rings. The number of nitrogens with zero attached hydrogens (tertiary/aromatic N) is 1. The van der Waals surface area contributed by atoms with Gasteiger partial charge in [0.1, 0.15) is 16.5 Å². The largest absolute Gasteiger partial charge is 0.477 e. The fraction of sp³-hybridized carbons (Fsp3) is 0.300. The Morgan fingerprint density at radius 2 is 2.07 bits per heavy atom. The van der Waals surface area contributed by atoms with Gasteiger partial charge in [-0.15, -0.1) is 0 Å². The third-order valence-electron chi connectivity index (χ3n) is 4.44. The van der Waals surface area contributed by atoms with E-state index in [-0.39, 0.29) is 27.4 Å². The lowest BCUT2D eigenvalue weighted by molar-refractivity contribution is 0.151. The highest BCUT2D eigenvalue weighted by atomic mass is 35.5. The maximum absolute atomic E-state index is 13.0. The molecule has 0 aliphatic heterocycles. The van der Waals surface area contributed by atoms with Crippen LogP contribution >= 0.6 is 23.2 Å². The van der Waals surface area contributed by atoms with Crippen LogP contribution in [-0.4, -0.2) is 16.6 Å². The first-order chi connectivity index (χ1) is 13.8. The Morgan fingerprint density at radius 3 is 2.79 bits per heavy atom. The molecule has 0 saturated carbocycles. The fourth-order valence-electron chi connectivity index (χ4n) is 2.91. The first-order valence-corrected chi connectivity index (χ1v) is 9.61. The number of alkyl halides is 2. The average molecular weight is 443 g/mol. The molecule has 1 aliphatic carbocycles. The number of ether oxygens (including phenoxy) is 2. The fourth-order valence-corrected chi connectivity index (χ4v) is 3.26. The first-order valence-electron chi connectivity index (χ1n) is 8.86. The smallest absolute Gasteiger partial charge is 0.347 e. The average Bonchev–Trinajstić information content (AvgIpc) is 2.67. The van der Waals surface area contributed by atoms with Gasteiger partial charge in [-0.1, -0.05) is 41.8 Å². The van der Waals surface area contributed by atoms with Crippen molar-refractivity contribution in [2.75, 3.05) is 6.61 Å².